The molecule has 0 aromatic carbocycles. The van der Waals surface area contributed by atoms with Crippen LogP contribution in [0.25, 0.3) is 0 Å². The molecule has 4 nitrogen and oxygen atoms in total. The highest BCUT2D eigenvalue weighted by molar-refractivity contribution is 4.96. The fourth-order valence-corrected chi connectivity index (χ4v) is 6.58. The molecule has 0 spiro atoms. The molecule has 2 heterocycles. The SMILES string of the molecule is CC1(C)CC(CCCCCCC2CC(C)(C)N(O)C(C)(C)C2)CC(C)(C)N1O. The quantitative estimate of drug-likeness (QED) is 0.473. The largest absolute Gasteiger partial charge is 0.313 e. The molecule has 2 saturated heterocycles. The van der Waals surface area contributed by atoms with Gasteiger partial charge in [0.15, 0.2) is 0 Å². The molecule has 0 atom stereocenters. The van der Waals surface area contributed by atoms with Crippen LogP contribution in [-0.2, 0) is 0 Å². The first kappa shape index (κ1) is 24.1. The maximum atomic E-state index is 10.5. The van der Waals surface area contributed by atoms with Crippen molar-refractivity contribution in [3.05, 3.63) is 0 Å². The molecular formula is C24H48N2O2. The van der Waals surface area contributed by atoms with Gasteiger partial charge in [-0.25, -0.2) is 0 Å². The van der Waals surface area contributed by atoms with Gasteiger partial charge in [-0.2, -0.15) is 10.1 Å². The van der Waals surface area contributed by atoms with E-state index in [1.165, 1.54) is 38.5 Å². The molecule has 2 N–H and O–H groups in total. The molecule has 166 valence electrons. The Kier molecular flexibility index (Phi) is 7.34. The maximum absolute atomic E-state index is 10.5. The minimum absolute atomic E-state index is 0.117. The Morgan fingerprint density at radius 1 is 0.536 bits per heavy atom. The molecule has 2 aliphatic heterocycles. The number of hydrogen-bond acceptors (Lipinski definition) is 4. The van der Waals surface area contributed by atoms with E-state index in [1.54, 1.807) is 10.1 Å². The fourth-order valence-electron chi connectivity index (χ4n) is 6.58. The van der Waals surface area contributed by atoms with Crippen molar-refractivity contribution in [2.75, 3.05) is 0 Å². The van der Waals surface area contributed by atoms with Crippen molar-refractivity contribution < 1.29 is 10.4 Å². The molecule has 0 saturated carbocycles. The van der Waals surface area contributed by atoms with Gasteiger partial charge >= 0.3 is 0 Å². The van der Waals surface area contributed by atoms with Gasteiger partial charge in [0.2, 0.25) is 0 Å². The van der Waals surface area contributed by atoms with Crippen molar-refractivity contribution >= 4 is 0 Å². The molecule has 28 heavy (non-hydrogen) atoms. The lowest BCUT2D eigenvalue weighted by molar-refractivity contribution is -0.251. The van der Waals surface area contributed by atoms with Crippen LogP contribution in [-0.4, -0.2) is 42.7 Å². The van der Waals surface area contributed by atoms with Gasteiger partial charge in [0.1, 0.15) is 0 Å². The Bertz CT molecular complexity index is 431. The van der Waals surface area contributed by atoms with Crippen molar-refractivity contribution in [3.63, 3.8) is 0 Å². The van der Waals surface area contributed by atoms with Crippen molar-refractivity contribution in [1.29, 1.82) is 0 Å². The predicted molar refractivity (Wildman–Crippen MR) is 117 cm³/mol. The highest BCUT2D eigenvalue weighted by Gasteiger charge is 2.45. The normalized spacial score (nSPS) is 28.5. The Labute approximate surface area is 174 Å². The molecule has 0 bridgehead atoms. The summed E-state index contributed by atoms with van der Waals surface area (Å²) >= 11 is 0. The van der Waals surface area contributed by atoms with Gasteiger partial charge < -0.3 is 10.4 Å². The van der Waals surface area contributed by atoms with E-state index in [1.807, 2.05) is 0 Å². The topological polar surface area (TPSA) is 46.9 Å². The second kappa shape index (κ2) is 8.53. The molecule has 2 aliphatic rings. The van der Waals surface area contributed by atoms with E-state index in [2.05, 4.69) is 55.4 Å². The van der Waals surface area contributed by atoms with Crippen molar-refractivity contribution in [2.24, 2.45) is 11.8 Å². The monoisotopic (exact) mass is 396 g/mol. The summed E-state index contributed by atoms with van der Waals surface area (Å²) in [5.74, 6) is 1.45. The first-order chi connectivity index (χ1) is 12.7. The Morgan fingerprint density at radius 2 is 0.786 bits per heavy atom. The third-order valence-electron chi connectivity index (χ3n) is 7.42. The third kappa shape index (κ3) is 5.71. The summed E-state index contributed by atoms with van der Waals surface area (Å²) in [5, 5.41) is 24.1. The third-order valence-corrected chi connectivity index (χ3v) is 7.42. The minimum atomic E-state index is -0.117. The first-order valence-electron chi connectivity index (χ1n) is 11.7. The zero-order valence-corrected chi connectivity index (χ0v) is 20.0. The summed E-state index contributed by atoms with van der Waals surface area (Å²) in [7, 11) is 0. The molecule has 2 rings (SSSR count). The zero-order valence-electron chi connectivity index (χ0n) is 20.0. The van der Waals surface area contributed by atoms with Crippen LogP contribution in [0, 0.1) is 11.8 Å². The van der Waals surface area contributed by atoms with Crippen LogP contribution in [0.3, 0.4) is 0 Å². The smallest absolute Gasteiger partial charge is 0.0413 e. The minimum Gasteiger partial charge on any atom is -0.313 e. The highest BCUT2D eigenvalue weighted by atomic mass is 16.5. The molecule has 4 heteroatoms. The number of unbranched alkanes of at least 4 members (excludes halogenated alkanes) is 3. The number of piperidine rings is 2. The van der Waals surface area contributed by atoms with E-state index >= 15 is 0 Å². The van der Waals surface area contributed by atoms with Crippen LogP contribution in [0.5, 0.6) is 0 Å². The summed E-state index contributed by atoms with van der Waals surface area (Å²) < 4.78 is 0. The Balaban J connectivity index is 1.67. The van der Waals surface area contributed by atoms with Gasteiger partial charge in [0, 0.05) is 22.2 Å². The van der Waals surface area contributed by atoms with Crippen LogP contribution < -0.4 is 0 Å². The van der Waals surface area contributed by atoms with E-state index in [0.29, 0.717) is 0 Å². The summed E-state index contributed by atoms with van der Waals surface area (Å²) in [5.41, 5.74) is -0.470. The number of nitrogens with zero attached hydrogens (tertiary/aromatic N) is 2. The van der Waals surface area contributed by atoms with E-state index in [-0.39, 0.29) is 22.2 Å². The van der Waals surface area contributed by atoms with Gasteiger partial charge in [-0.1, -0.05) is 38.5 Å². The fraction of sp³-hybridized carbons (Fsp3) is 1.00. The lowest BCUT2D eigenvalue weighted by Gasteiger charge is -2.51. The molecule has 0 aromatic rings. The second-order valence-electron chi connectivity index (χ2n) is 12.4. The van der Waals surface area contributed by atoms with Gasteiger partial charge in [-0.05, 0) is 92.9 Å². The summed E-state index contributed by atoms with van der Waals surface area (Å²) in [6.07, 6.45) is 12.2. The lowest BCUT2D eigenvalue weighted by atomic mass is 9.73. The molecule has 0 aliphatic carbocycles. The predicted octanol–water partition coefficient (Wildman–Crippen LogP) is 6.64. The zero-order chi connectivity index (χ0) is 21.4. The number of rotatable bonds is 7. The highest BCUT2D eigenvalue weighted by Crippen LogP contribution is 2.43. The van der Waals surface area contributed by atoms with E-state index in [4.69, 9.17) is 0 Å². The Hall–Kier alpha value is -0.160. The van der Waals surface area contributed by atoms with Crippen molar-refractivity contribution in [1.82, 2.24) is 10.1 Å². The Morgan fingerprint density at radius 3 is 1.04 bits per heavy atom. The molecule has 0 aromatic heterocycles. The van der Waals surface area contributed by atoms with E-state index in [0.717, 1.165) is 37.5 Å². The van der Waals surface area contributed by atoms with Crippen LogP contribution in [0.15, 0.2) is 0 Å². The average molecular weight is 397 g/mol. The molecule has 2 fully saturated rings. The summed E-state index contributed by atoms with van der Waals surface area (Å²) in [4.78, 5) is 0. The van der Waals surface area contributed by atoms with E-state index in [9.17, 15) is 10.4 Å². The maximum Gasteiger partial charge on any atom is 0.0413 e. The van der Waals surface area contributed by atoms with Gasteiger partial charge in [0.25, 0.3) is 0 Å². The van der Waals surface area contributed by atoms with Gasteiger partial charge in [-0.15, -0.1) is 0 Å². The molecule has 0 amide bonds. The standard InChI is InChI=1S/C24H48N2O2/c1-21(2)15-19(16-22(3,4)25(21)27)13-11-9-10-12-14-20-17-23(5,6)26(28)24(7,8)18-20/h19-20,27-28H,9-18H2,1-8H3. The van der Waals surface area contributed by atoms with E-state index < -0.39 is 0 Å². The van der Waals surface area contributed by atoms with Crippen LogP contribution in [0.2, 0.25) is 0 Å². The van der Waals surface area contributed by atoms with Crippen LogP contribution in [0.1, 0.15) is 120 Å². The average Bonchev–Trinajstić information content (AvgIpc) is 2.52. The van der Waals surface area contributed by atoms with Gasteiger partial charge in [0.05, 0.1) is 0 Å². The van der Waals surface area contributed by atoms with Crippen molar-refractivity contribution in [3.8, 4) is 0 Å². The molecule has 0 unspecified atom stereocenters. The van der Waals surface area contributed by atoms with Crippen molar-refractivity contribution in [2.45, 2.75) is 142 Å². The summed E-state index contributed by atoms with van der Waals surface area (Å²) in [6.45, 7) is 17.3. The van der Waals surface area contributed by atoms with Crippen LogP contribution in [0.4, 0.5) is 0 Å². The summed E-state index contributed by atoms with van der Waals surface area (Å²) in [6, 6.07) is 0. The molecule has 0 radical (unpaired) electrons. The number of hydroxylamine groups is 4. The lowest BCUT2D eigenvalue weighted by Crippen LogP contribution is -2.58. The molecular weight excluding hydrogens is 348 g/mol. The van der Waals surface area contributed by atoms with Crippen LogP contribution >= 0.6 is 0 Å². The number of hydrogen-bond donors (Lipinski definition) is 2. The van der Waals surface area contributed by atoms with Gasteiger partial charge in [-0.3, -0.25) is 0 Å². The second-order valence-corrected chi connectivity index (χ2v) is 12.4. The first-order valence-corrected chi connectivity index (χ1v) is 11.7.